The van der Waals surface area contributed by atoms with Crippen LogP contribution in [0.3, 0.4) is 0 Å². The summed E-state index contributed by atoms with van der Waals surface area (Å²) in [6.45, 7) is 27.7. The van der Waals surface area contributed by atoms with Crippen molar-refractivity contribution in [2.24, 2.45) is 0 Å². The number of aromatic amines is 2. The predicted octanol–water partition coefficient (Wildman–Crippen LogP) is 9.26. The van der Waals surface area contributed by atoms with Crippen LogP contribution in [0.15, 0.2) is 84.9 Å². The molecule has 0 unspecified atom stereocenters. The van der Waals surface area contributed by atoms with Gasteiger partial charge in [-0.3, -0.25) is 0 Å². The van der Waals surface area contributed by atoms with Crippen molar-refractivity contribution in [2.75, 3.05) is 0 Å². The molecule has 0 aliphatic rings. The third-order valence-electron chi connectivity index (χ3n) is 9.15. The van der Waals surface area contributed by atoms with Gasteiger partial charge in [0.2, 0.25) is 11.6 Å². The molecule has 0 amide bonds. The van der Waals surface area contributed by atoms with Crippen LogP contribution in [0.2, 0.25) is 0 Å². The van der Waals surface area contributed by atoms with Crippen molar-refractivity contribution in [3.63, 3.8) is 0 Å². The summed E-state index contributed by atoms with van der Waals surface area (Å²) in [5, 5.41) is 28.3. The van der Waals surface area contributed by atoms with E-state index in [0.29, 0.717) is 24.9 Å². The fraction of sp³-hybridized carbons (Fsp3) is 0.409. The summed E-state index contributed by atoms with van der Waals surface area (Å²) in [6, 6.07) is 29.2. The first-order chi connectivity index (χ1) is 25.3. The zero-order valence-corrected chi connectivity index (χ0v) is 34.5. The van der Waals surface area contributed by atoms with E-state index in [9.17, 15) is 0 Å². The maximum atomic E-state index is 6.17. The minimum Gasteiger partial charge on any atom is -0.489 e. The lowest BCUT2D eigenvalue weighted by atomic mass is 9.80. The largest absolute Gasteiger partial charge is 0.489 e. The molecule has 0 spiro atoms. The second-order valence-electron chi connectivity index (χ2n) is 17.9. The number of nitrogens with one attached hydrogen (secondary N) is 2. The zero-order chi connectivity index (χ0) is 39.3. The van der Waals surface area contributed by atoms with E-state index in [4.69, 9.17) is 9.47 Å². The van der Waals surface area contributed by atoms with Gasteiger partial charge in [-0.25, -0.2) is 0 Å². The van der Waals surface area contributed by atoms with Crippen LogP contribution in [-0.4, -0.2) is 46.7 Å². The molecule has 4 aromatic carbocycles. The van der Waals surface area contributed by atoms with E-state index < -0.39 is 0 Å². The number of tetrazole rings is 2. The lowest BCUT2D eigenvalue weighted by Gasteiger charge is -2.26. The van der Waals surface area contributed by atoms with Gasteiger partial charge < -0.3 is 14.9 Å². The van der Waals surface area contributed by atoms with Crippen molar-refractivity contribution in [2.45, 2.75) is 118 Å². The quantitative estimate of drug-likeness (QED) is 0.156. The Morgan fingerprint density at radius 1 is 0.455 bits per heavy atom. The van der Waals surface area contributed by atoms with E-state index in [1.54, 1.807) is 0 Å². The van der Waals surface area contributed by atoms with Crippen LogP contribution in [0.5, 0.6) is 11.5 Å². The summed E-state index contributed by atoms with van der Waals surface area (Å²) >= 11 is 0. The highest BCUT2D eigenvalue weighted by Gasteiger charge is 2.22. The van der Waals surface area contributed by atoms with Crippen LogP contribution < -0.4 is 9.47 Å². The molecule has 11 heteroatoms. The van der Waals surface area contributed by atoms with Gasteiger partial charge in [-0.15, -0.1) is 20.4 Å². The number of ether oxygens (including phenoxy) is 2. The van der Waals surface area contributed by atoms with Crippen molar-refractivity contribution in [1.29, 1.82) is 0 Å². The second-order valence-corrected chi connectivity index (χ2v) is 17.9. The topological polar surface area (TPSA) is 159 Å². The van der Waals surface area contributed by atoms with E-state index in [1.165, 1.54) is 22.3 Å². The molecule has 2 aromatic heterocycles. The van der Waals surface area contributed by atoms with E-state index in [2.05, 4.69) is 161 Å². The first-order valence-electron chi connectivity index (χ1n) is 18.5. The number of hydrogen-bond donors (Lipinski definition) is 2. The van der Waals surface area contributed by atoms with Gasteiger partial charge in [0.15, 0.2) is 0 Å². The molecule has 55 heavy (non-hydrogen) atoms. The Balaban J connectivity index is 0.000000240. The molecule has 6 aromatic rings. The van der Waals surface area contributed by atoms with E-state index >= 15 is 0 Å². The van der Waals surface area contributed by atoms with Gasteiger partial charge >= 0.3 is 0 Å². The summed E-state index contributed by atoms with van der Waals surface area (Å²) < 4.78 is 12.3. The van der Waals surface area contributed by atoms with Crippen LogP contribution in [0, 0.1) is 0 Å². The molecule has 0 aliphatic carbocycles. The summed E-state index contributed by atoms with van der Waals surface area (Å²) in [6.07, 6.45) is 0. The highest BCUT2D eigenvalue weighted by Crippen LogP contribution is 2.35. The number of aromatic nitrogens is 8. The predicted molar refractivity (Wildman–Crippen MR) is 219 cm³/mol. The van der Waals surface area contributed by atoms with Crippen LogP contribution in [0.1, 0.15) is 116 Å². The van der Waals surface area contributed by atoms with Crippen molar-refractivity contribution in [1.82, 2.24) is 41.2 Å². The minimum atomic E-state index is 0. The highest BCUT2D eigenvalue weighted by atomic mass is 16.5. The van der Waals surface area contributed by atoms with Crippen LogP contribution in [-0.2, 0) is 34.9 Å². The monoisotopic (exact) mass is 746 g/mol. The van der Waals surface area contributed by atoms with E-state index in [1.807, 2.05) is 48.5 Å². The molecule has 0 atom stereocenters. The summed E-state index contributed by atoms with van der Waals surface area (Å²) in [5.41, 5.74) is 9.37. The Morgan fingerprint density at radius 2 is 0.782 bits per heavy atom. The molecule has 0 saturated heterocycles. The highest BCUT2D eigenvalue weighted by molar-refractivity contribution is 5.55. The number of rotatable bonds is 8. The average Bonchev–Trinajstić information content (AvgIpc) is 3.85. The molecule has 0 saturated carbocycles. The summed E-state index contributed by atoms with van der Waals surface area (Å²) in [5.74, 6) is 2.97. The van der Waals surface area contributed by atoms with Crippen molar-refractivity contribution in [3.05, 3.63) is 118 Å². The van der Waals surface area contributed by atoms with Gasteiger partial charge in [-0.1, -0.05) is 132 Å². The fourth-order valence-corrected chi connectivity index (χ4v) is 5.60. The maximum absolute atomic E-state index is 6.17. The van der Waals surface area contributed by atoms with Gasteiger partial charge in [0, 0.05) is 11.1 Å². The Morgan fingerprint density at radius 3 is 1.05 bits per heavy atom. The molecule has 0 radical (unpaired) electrons. The molecule has 4 N–H and O–H groups in total. The lowest BCUT2D eigenvalue weighted by Crippen LogP contribution is -2.16. The van der Waals surface area contributed by atoms with Crippen molar-refractivity contribution < 1.29 is 14.9 Å². The SMILES string of the molecule is CC(C)(C)c1cc(OCc2cccc(-c3nn[nH]n3)c2)cc(C(C)(C)C)c1.CC(C)(C)c1cc(OCc2cccc(-c3nn[nH]n3)c2)cc(C(C)(C)C)c1.O. The zero-order valence-electron chi connectivity index (χ0n) is 34.5. The average molecular weight is 747 g/mol. The molecular weight excluding hydrogens is 689 g/mol. The molecule has 2 heterocycles. The smallest absolute Gasteiger partial charge is 0.204 e. The van der Waals surface area contributed by atoms with E-state index in [0.717, 1.165) is 33.8 Å². The lowest BCUT2D eigenvalue weighted by molar-refractivity contribution is 0.304. The molecule has 0 aliphatic heterocycles. The maximum Gasteiger partial charge on any atom is 0.204 e. The molecule has 0 fully saturated rings. The van der Waals surface area contributed by atoms with Crippen LogP contribution >= 0.6 is 0 Å². The first kappa shape index (κ1) is 42.3. The third kappa shape index (κ3) is 11.8. The third-order valence-corrected chi connectivity index (χ3v) is 9.15. The fourth-order valence-electron chi connectivity index (χ4n) is 5.60. The van der Waals surface area contributed by atoms with Gasteiger partial charge in [-0.05, 0) is 102 Å². The Hall–Kier alpha value is -5.42. The summed E-state index contributed by atoms with van der Waals surface area (Å²) in [4.78, 5) is 0. The van der Waals surface area contributed by atoms with E-state index in [-0.39, 0.29) is 27.1 Å². The van der Waals surface area contributed by atoms with Crippen molar-refractivity contribution >= 4 is 0 Å². The number of benzene rings is 4. The number of hydrogen-bond acceptors (Lipinski definition) is 8. The molecular formula is C44H58N8O3. The minimum absolute atomic E-state index is 0. The standard InChI is InChI=1S/2C22H28N4O.H2O/c2*1-21(2,3)17-11-18(22(4,5)6)13-19(12-17)27-14-15-8-7-9-16(10-15)20-23-25-26-24-20;/h2*7-13H,14H2,1-6H3,(H,23,24,25,26);1H2. The van der Waals surface area contributed by atoms with Crippen molar-refractivity contribution in [3.8, 4) is 34.3 Å². The van der Waals surface area contributed by atoms with Gasteiger partial charge in [0.05, 0.1) is 0 Å². The van der Waals surface area contributed by atoms with Crippen LogP contribution in [0.4, 0.5) is 0 Å². The second kappa shape index (κ2) is 16.9. The normalized spacial score (nSPS) is 12.0. The Bertz CT molecular complexity index is 1900. The molecule has 0 bridgehead atoms. The molecule has 292 valence electrons. The van der Waals surface area contributed by atoms with Crippen LogP contribution in [0.25, 0.3) is 22.8 Å². The molecule has 6 rings (SSSR count). The number of H-pyrrole nitrogens is 2. The Labute approximate surface area is 326 Å². The Kier molecular flexibility index (Phi) is 13.0. The number of nitrogens with zero attached hydrogens (tertiary/aromatic N) is 6. The van der Waals surface area contributed by atoms with Gasteiger partial charge in [0.1, 0.15) is 24.7 Å². The first-order valence-corrected chi connectivity index (χ1v) is 18.5. The van der Waals surface area contributed by atoms with Gasteiger partial charge in [0.25, 0.3) is 0 Å². The van der Waals surface area contributed by atoms with Gasteiger partial charge in [-0.2, -0.15) is 10.4 Å². The summed E-state index contributed by atoms with van der Waals surface area (Å²) in [7, 11) is 0. The molecule has 11 nitrogen and oxygen atoms in total.